The van der Waals surface area contributed by atoms with Gasteiger partial charge in [-0.3, -0.25) is 4.98 Å². The molecule has 0 unspecified atom stereocenters. The molecule has 0 aliphatic rings. The van der Waals surface area contributed by atoms with Crippen molar-refractivity contribution in [2.75, 3.05) is 0 Å². The van der Waals surface area contributed by atoms with Gasteiger partial charge < -0.3 is 8.98 Å². The van der Waals surface area contributed by atoms with Crippen LogP contribution in [0.2, 0.25) is 17.3 Å². The molecule has 1 radical (unpaired) electrons. The van der Waals surface area contributed by atoms with Gasteiger partial charge >= 0.3 is 126 Å². The van der Waals surface area contributed by atoms with E-state index in [1.807, 2.05) is 24.3 Å². The fraction of sp³-hybridized carbons (Fsp3) is 0.228. The van der Waals surface area contributed by atoms with Crippen molar-refractivity contribution in [1.82, 2.24) is 14.5 Å². The Bertz CT molecular complexity index is 3220. The van der Waals surface area contributed by atoms with Gasteiger partial charge in [-0.15, -0.1) is 18.2 Å². The van der Waals surface area contributed by atoms with E-state index in [2.05, 4.69) is 191 Å². The Morgan fingerprint density at radius 1 is 0.651 bits per heavy atom. The van der Waals surface area contributed by atoms with Gasteiger partial charge in [-0.2, -0.15) is 0 Å². The van der Waals surface area contributed by atoms with Crippen LogP contribution >= 0.6 is 0 Å². The number of pyridine rings is 1. The minimum absolute atomic E-state index is 0. The molecule has 10 rings (SSSR count). The van der Waals surface area contributed by atoms with Crippen LogP contribution in [0.4, 0.5) is 0 Å². The topological polar surface area (TPSA) is 43.9 Å². The normalized spacial score (nSPS) is 11.9. The molecule has 10 aromatic rings. The molecule has 0 aliphatic heterocycles. The predicted octanol–water partition coefficient (Wildman–Crippen LogP) is 15.2. The number of aromatic nitrogens is 3. The molecule has 0 atom stereocenters. The molecule has 3 aromatic heterocycles. The monoisotopic (exact) mass is 1060 g/mol. The molecule has 3 heterocycles. The standard InChI is InChI=1S/C39H31N2O.C18H24GeN.Ir/c1-23(2)27-13-9-14-28(24(3)4)37(27)41-35-18-8-7-17-34(35)40-39(41)31-16-10-15-30-33-21-26-20-19-25-11-5-6-12-29(25)32(26)22-36(33)42-38(30)31;1-14(2)11-16-12-18(15-9-7-6-8-10-15)20-13-17(16)19(3,4)5;/h5-15,17-24H,1-4H3;6-9,12-14H,11H2,1-5H3;/q2*-1;. The molecule has 319 valence electrons. The first-order valence-electron chi connectivity index (χ1n) is 22.1. The number of imidazole rings is 1. The molecule has 0 saturated carbocycles. The zero-order valence-electron chi connectivity index (χ0n) is 37.8. The Morgan fingerprint density at radius 3 is 2.08 bits per heavy atom. The van der Waals surface area contributed by atoms with Crippen LogP contribution in [0.3, 0.4) is 0 Å². The first-order chi connectivity index (χ1) is 29.9. The number of fused-ring (bicyclic) bond motifs is 7. The number of para-hydroxylation sites is 3. The SMILES string of the molecule is CC(C)Cc1cc(-c2[c-]cccc2)nc[c]1[Ge]([CH3])([CH3])[CH3].CC(C)c1cccc(C(C)C)c1-n1c(-c2[c-]ccc3c2oc2cc4c(ccc5ccccc54)cc23)nc2ccccc21.[Ir]. The summed E-state index contributed by atoms with van der Waals surface area (Å²) in [6, 6.07) is 53.9. The van der Waals surface area contributed by atoms with Crippen molar-refractivity contribution in [3.8, 4) is 28.3 Å². The molecular formula is C57H55GeIrN3O-2. The molecule has 0 spiro atoms. The van der Waals surface area contributed by atoms with Crippen molar-refractivity contribution in [3.05, 3.63) is 168 Å². The molecule has 6 heteroatoms. The van der Waals surface area contributed by atoms with Gasteiger partial charge in [-0.05, 0) is 68.8 Å². The second-order valence-corrected chi connectivity index (χ2v) is 29.3. The van der Waals surface area contributed by atoms with Crippen molar-refractivity contribution < 1.29 is 24.5 Å². The van der Waals surface area contributed by atoms with Gasteiger partial charge in [0.1, 0.15) is 5.58 Å². The maximum atomic E-state index is 6.75. The number of furan rings is 1. The number of hydrogen-bond donors (Lipinski definition) is 0. The number of rotatable bonds is 8. The average molecular weight is 1060 g/mol. The van der Waals surface area contributed by atoms with Gasteiger partial charge in [-0.1, -0.05) is 105 Å². The Labute approximate surface area is 388 Å². The largest absolute Gasteiger partial charge is 0.501 e. The molecule has 0 amide bonds. The maximum absolute atomic E-state index is 6.75. The van der Waals surface area contributed by atoms with Crippen molar-refractivity contribution >= 4 is 72.2 Å². The van der Waals surface area contributed by atoms with Crippen LogP contribution in [-0.2, 0) is 26.5 Å². The van der Waals surface area contributed by atoms with Crippen molar-refractivity contribution in [2.24, 2.45) is 5.92 Å². The third kappa shape index (κ3) is 8.56. The van der Waals surface area contributed by atoms with E-state index in [0.717, 1.165) is 62.0 Å². The van der Waals surface area contributed by atoms with E-state index in [-0.39, 0.29) is 20.1 Å². The minimum Gasteiger partial charge on any atom is -0.501 e. The van der Waals surface area contributed by atoms with Crippen LogP contribution in [0.15, 0.2) is 144 Å². The van der Waals surface area contributed by atoms with E-state index in [1.54, 1.807) is 4.40 Å². The fourth-order valence-electron chi connectivity index (χ4n) is 9.08. The van der Waals surface area contributed by atoms with E-state index in [1.165, 1.54) is 43.9 Å². The molecule has 0 N–H and O–H groups in total. The number of benzene rings is 7. The summed E-state index contributed by atoms with van der Waals surface area (Å²) in [5.41, 5.74) is 12.1. The molecule has 0 saturated heterocycles. The summed E-state index contributed by atoms with van der Waals surface area (Å²) < 4.78 is 10.6. The first kappa shape index (κ1) is 44.3. The molecule has 0 fully saturated rings. The Hall–Kier alpha value is -5.33. The van der Waals surface area contributed by atoms with E-state index < -0.39 is 13.3 Å². The number of hydrogen-bond acceptors (Lipinski definition) is 3. The third-order valence-electron chi connectivity index (χ3n) is 12.1. The quantitative estimate of drug-likeness (QED) is 0.0865. The van der Waals surface area contributed by atoms with Gasteiger partial charge in [0.15, 0.2) is 0 Å². The zero-order valence-corrected chi connectivity index (χ0v) is 42.3. The van der Waals surface area contributed by atoms with E-state index >= 15 is 0 Å². The average Bonchev–Trinajstić information content (AvgIpc) is 3.83. The van der Waals surface area contributed by atoms with Crippen molar-refractivity contribution in [2.45, 2.75) is 77.1 Å². The van der Waals surface area contributed by atoms with Crippen LogP contribution in [0.1, 0.15) is 70.1 Å². The first-order valence-corrected chi connectivity index (χ1v) is 29.5. The predicted molar refractivity (Wildman–Crippen MR) is 266 cm³/mol. The zero-order chi connectivity index (χ0) is 43.3. The molecule has 7 aromatic carbocycles. The second kappa shape index (κ2) is 18.0. The van der Waals surface area contributed by atoms with E-state index in [9.17, 15) is 0 Å². The summed E-state index contributed by atoms with van der Waals surface area (Å²) in [5, 5.41) is 7.05. The van der Waals surface area contributed by atoms with Gasteiger partial charge in [0.2, 0.25) is 0 Å². The van der Waals surface area contributed by atoms with Crippen LogP contribution in [-0.4, -0.2) is 27.8 Å². The molecule has 0 aliphatic carbocycles. The Balaban J connectivity index is 0.000000219. The number of nitrogens with zero attached hydrogens (tertiary/aromatic N) is 3. The summed E-state index contributed by atoms with van der Waals surface area (Å²) in [4.78, 5) is 9.95. The van der Waals surface area contributed by atoms with Crippen LogP contribution in [0.5, 0.6) is 0 Å². The summed E-state index contributed by atoms with van der Waals surface area (Å²) in [7, 11) is 0. The fourth-order valence-corrected chi connectivity index (χ4v) is 12.4. The van der Waals surface area contributed by atoms with Crippen LogP contribution < -0.4 is 4.40 Å². The Morgan fingerprint density at radius 2 is 1.37 bits per heavy atom. The molecule has 4 nitrogen and oxygen atoms in total. The summed E-state index contributed by atoms with van der Waals surface area (Å²) in [5.74, 6) is 9.54. The Kier molecular flexibility index (Phi) is 12.7. The molecule has 63 heavy (non-hydrogen) atoms. The van der Waals surface area contributed by atoms with Crippen molar-refractivity contribution in [3.63, 3.8) is 0 Å². The smallest absolute Gasteiger partial charge is 0.121 e. The summed E-state index contributed by atoms with van der Waals surface area (Å²) in [6.45, 7) is 13.6. The summed E-state index contributed by atoms with van der Waals surface area (Å²) in [6.07, 6.45) is 3.27. The van der Waals surface area contributed by atoms with Crippen LogP contribution in [0, 0.1) is 18.1 Å². The van der Waals surface area contributed by atoms with Crippen molar-refractivity contribution in [1.29, 1.82) is 0 Å². The molecular weight excluding hydrogens is 1010 g/mol. The van der Waals surface area contributed by atoms with Gasteiger partial charge in [-0.25, -0.2) is 0 Å². The maximum Gasteiger partial charge on any atom is 0.121 e. The van der Waals surface area contributed by atoms with Gasteiger partial charge in [0.25, 0.3) is 0 Å². The van der Waals surface area contributed by atoms with Crippen LogP contribution in [0.25, 0.3) is 82.8 Å². The summed E-state index contributed by atoms with van der Waals surface area (Å²) >= 11 is -1.86. The van der Waals surface area contributed by atoms with E-state index in [4.69, 9.17) is 14.4 Å². The van der Waals surface area contributed by atoms with E-state index in [0.29, 0.717) is 17.8 Å². The van der Waals surface area contributed by atoms with Gasteiger partial charge in [0.05, 0.1) is 22.4 Å². The second-order valence-electron chi connectivity index (χ2n) is 18.8. The minimum atomic E-state index is -1.86. The molecule has 0 bridgehead atoms. The third-order valence-corrected chi connectivity index (χ3v) is 16.4. The van der Waals surface area contributed by atoms with Gasteiger partial charge in [0, 0.05) is 31.2 Å².